The lowest BCUT2D eigenvalue weighted by molar-refractivity contribution is -0.113. The highest BCUT2D eigenvalue weighted by Gasteiger charge is 2.18. The first-order valence-electron chi connectivity index (χ1n) is 7.88. The van der Waals surface area contributed by atoms with Gasteiger partial charge in [-0.2, -0.15) is 0 Å². The summed E-state index contributed by atoms with van der Waals surface area (Å²) in [5.74, 6) is 0.623. The number of benzene rings is 1. The number of amides is 1. The number of carbonyl (C=O) groups is 1. The third kappa shape index (κ3) is 3.90. The number of nitrogens with one attached hydrogen (secondary N) is 1. The van der Waals surface area contributed by atoms with Gasteiger partial charge >= 0.3 is 0 Å². The number of thiazole rings is 1. The van der Waals surface area contributed by atoms with Crippen LogP contribution >= 0.6 is 34.7 Å². The summed E-state index contributed by atoms with van der Waals surface area (Å²) in [7, 11) is 0. The molecule has 136 valence electrons. The van der Waals surface area contributed by atoms with E-state index in [1.54, 1.807) is 17.6 Å². The number of thioether (sulfide) groups is 1. The SMILES string of the molecule is O=C(CSc1nnc(-c2ccccc2Cl)n1-n1cccc1)Nc1nccs1. The molecule has 3 aromatic heterocycles. The minimum absolute atomic E-state index is 0.156. The Labute approximate surface area is 168 Å². The van der Waals surface area contributed by atoms with Crippen molar-refractivity contribution < 1.29 is 4.79 Å². The van der Waals surface area contributed by atoms with Crippen molar-refractivity contribution in [2.24, 2.45) is 0 Å². The second-order valence-electron chi connectivity index (χ2n) is 5.33. The van der Waals surface area contributed by atoms with Crippen molar-refractivity contribution in [1.29, 1.82) is 0 Å². The summed E-state index contributed by atoms with van der Waals surface area (Å²) < 4.78 is 3.67. The lowest BCUT2D eigenvalue weighted by atomic mass is 10.2. The lowest BCUT2D eigenvalue weighted by Gasteiger charge is -2.11. The molecule has 0 spiro atoms. The van der Waals surface area contributed by atoms with Crippen LogP contribution in [-0.2, 0) is 4.79 Å². The van der Waals surface area contributed by atoms with Gasteiger partial charge in [-0.3, -0.25) is 9.47 Å². The summed E-state index contributed by atoms with van der Waals surface area (Å²) in [5.41, 5.74) is 0.763. The van der Waals surface area contributed by atoms with Crippen molar-refractivity contribution >= 4 is 45.7 Å². The first kappa shape index (κ1) is 17.8. The van der Waals surface area contributed by atoms with Gasteiger partial charge in [-0.1, -0.05) is 35.5 Å². The molecule has 0 fully saturated rings. The Bertz CT molecular complexity index is 1050. The van der Waals surface area contributed by atoms with Crippen molar-refractivity contribution in [3.05, 3.63) is 65.4 Å². The molecule has 0 aliphatic heterocycles. The highest BCUT2D eigenvalue weighted by atomic mass is 35.5. The standard InChI is InChI=1S/C17H13ClN6OS2/c18-13-6-2-1-5-12(13)15-21-22-17(24(15)23-8-3-4-9-23)27-11-14(25)20-16-19-7-10-26-16/h1-10H,11H2,(H,19,20,25). The van der Waals surface area contributed by atoms with Gasteiger partial charge in [0.1, 0.15) is 0 Å². The van der Waals surface area contributed by atoms with Gasteiger partial charge in [0.05, 0.1) is 10.8 Å². The van der Waals surface area contributed by atoms with Crippen LogP contribution in [0.5, 0.6) is 0 Å². The number of hydrogen-bond acceptors (Lipinski definition) is 6. The molecule has 1 amide bonds. The molecule has 0 aliphatic carbocycles. The topological polar surface area (TPSA) is 77.6 Å². The average molecular weight is 417 g/mol. The van der Waals surface area contributed by atoms with Crippen molar-refractivity contribution in [2.45, 2.75) is 5.16 Å². The highest BCUT2D eigenvalue weighted by Crippen LogP contribution is 2.29. The Morgan fingerprint density at radius 2 is 2.00 bits per heavy atom. The van der Waals surface area contributed by atoms with Crippen LogP contribution in [0.2, 0.25) is 5.02 Å². The number of rotatable bonds is 6. The van der Waals surface area contributed by atoms with E-state index in [1.807, 2.05) is 52.1 Å². The molecule has 4 rings (SSSR count). The van der Waals surface area contributed by atoms with Crippen LogP contribution in [0.4, 0.5) is 5.13 Å². The van der Waals surface area contributed by atoms with E-state index in [-0.39, 0.29) is 11.7 Å². The molecule has 7 nitrogen and oxygen atoms in total. The van der Waals surface area contributed by atoms with Crippen molar-refractivity contribution in [2.75, 3.05) is 11.1 Å². The second kappa shape index (κ2) is 7.95. The zero-order valence-corrected chi connectivity index (χ0v) is 16.2. The van der Waals surface area contributed by atoms with E-state index in [2.05, 4.69) is 20.5 Å². The van der Waals surface area contributed by atoms with Gasteiger partial charge in [-0.15, -0.1) is 21.5 Å². The van der Waals surface area contributed by atoms with Gasteiger partial charge in [0.15, 0.2) is 11.0 Å². The van der Waals surface area contributed by atoms with Gasteiger partial charge in [-0.05, 0) is 24.3 Å². The fourth-order valence-corrected chi connectivity index (χ4v) is 3.90. The Morgan fingerprint density at radius 3 is 2.74 bits per heavy atom. The van der Waals surface area contributed by atoms with E-state index in [0.29, 0.717) is 21.1 Å². The summed E-state index contributed by atoms with van der Waals surface area (Å²) in [6.45, 7) is 0. The number of anilines is 1. The van der Waals surface area contributed by atoms with Crippen LogP contribution in [0.25, 0.3) is 11.4 Å². The summed E-state index contributed by atoms with van der Waals surface area (Å²) in [6, 6.07) is 11.3. The molecule has 0 aliphatic rings. The van der Waals surface area contributed by atoms with Gasteiger partial charge < -0.3 is 5.32 Å². The van der Waals surface area contributed by atoms with Crippen molar-refractivity contribution in [1.82, 2.24) is 24.5 Å². The van der Waals surface area contributed by atoms with Crippen LogP contribution in [0.3, 0.4) is 0 Å². The number of hydrogen-bond donors (Lipinski definition) is 1. The molecule has 1 N–H and O–H groups in total. The quantitative estimate of drug-likeness (QED) is 0.482. The first-order valence-corrected chi connectivity index (χ1v) is 10.1. The second-order valence-corrected chi connectivity index (χ2v) is 7.58. The van der Waals surface area contributed by atoms with E-state index >= 15 is 0 Å². The van der Waals surface area contributed by atoms with Crippen molar-refractivity contribution in [3.8, 4) is 11.4 Å². The minimum Gasteiger partial charge on any atom is -0.301 e. The van der Waals surface area contributed by atoms with Crippen LogP contribution in [-0.4, -0.2) is 36.2 Å². The molecule has 0 saturated heterocycles. The largest absolute Gasteiger partial charge is 0.301 e. The molecule has 3 heterocycles. The normalized spacial score (nSPS) is 10.9. The van der Waals surface area contributed by atoms with E-state index in [1.165, 1.54) is 23.1 Å². The first-order chi connectivity index (χ1) is 13.2. The fraction of sp³-hybridized carbons (Fsp3) is 0.0588. The van der Waals surface area contributed by atoms with Gasteiger partial charge in [0.25, 0.3) is 0 Å². The number of halogens is 1. The third-order valence-electron chi connectivity index (χ3n) is 3.56. The summed E-state index contributed by atoms with van der Waals surface area (Å²) in [5, 5.41) is 14.9. The van der Waals surface area contributed by atoms with E-state index in [0.717, 1.165) is 5.56 Å². The number of nitrogens with zero attached hydrogens (tertiary/aromatic N) is 5. The van der Waals surface area contributed by atoms with Crippen LogP contribution in [0.1, 0.15) is 0 Å². The fourth-order valence-electron chi connectivity index (χ4n) is 2.40. The molecular weight excluding hydrogens is 404 g/mol. The predicted molar refractivity (Wildman–Crippen MR) is 107 cm³/mol. The molecule has 0 saturated carbocycles. The zero-order chi connectivity index (χ0) is 18.6. The number of carbonyl (C=O) groups excluding carboxylic acids is 1. The molecule has 1 aromatic carbocycles. The summed E-state index contributed by atoms with van der Waals surface area (Å²) in [4.78, 5) is 16.2. The Balaban J connectivity index is 1.61. The van der Waals surface area contributed by atoms with Gasteiger partial charge in [-0.25, -0.2) is 9.66 Å². The number of aromatic nitrogens is 5. The van der Waals surface area contributed by atoms with E-state index in [4.69, 9.17) is 11.6 Å². The maximum absolute atomic E-state index is 12.2. The van der Waals surface area contributed by atoms with Crippen LogP contribution < -0.4 is 5.32 Å². The van der Waals surface area contributed by atoms with Crippen LogP contribution in [0, 0.1) is 0 Å². The predicted octanol–water partition coefficient (Wildman–Crippen LogP) is 3.90. The molecule has 27 heavy (non-hydrogen) atoms. The maximum Gasteiger partial charge on any atom is 0.236 e. The maximum atomic E-state index is 12.2. The Morgan fingerprint density at radius 1 is 1.19 bits per heavy atom. The molecule has 0 atom stereocenters. The van der Waals surface area contributed by atoms with Gasteiger partial charge in [0, 0.05) is 29.5 Å². The van der Waals surface area contributed by atoms with Crippen molar-refractivity contribution in [3.63, 3.8) is 0 Å². The zero-order valence-electron chi connectivity index (χ0n) is 13.8. The van der Waals surface area contributed by atoms with E-state index < -0.39 is 0 Å². The molecule has 10 heteroatoms. The summed E-state index contributed by atoms with van der Waals surface area (Å²) in [6.07, 6.45) is 5.40. The summed E-state index contributed by atoms with van der Waals surface area (Å²) >= 11 is 9.00. The smallest absolute Gasteiger partial charge is 0.236 e. The van der Waals surface area contributed by atoms with E-state index in [9.17, 15) is 4.79 Å². The highest BCUT2D eigenvalue weighted by molar-refractivity contribution is 7.99. The Hall–Kier alpha value is -2.62. The lowest BCUT2D eigenvalue weighted by Crippen LogP contribution is -2.15. The molecule has 0 radical (unpaired) electrons. The molecule has 4 aromatic rings. The molecular formula is C17H13ClN6OS2. The van der Waals surface area contributed by atoms with Gasteiger partial charge in [0.2, 0.25) is 11.1 Å². The molecule has 0 unspecified atom stereocenters. The molecule has 0 bridgehead atoms. The average Bonchev–Trinajstić information content (AvgIpc) is 3.41. The third-order valence-corrected chi connectivity index (χ3v) is 5.49. The monoisotopic (exact) mass is 416 g/mol. The Kier molecular flexibility index (Phi) is 5.23. The minimum atomic E-state index is -0.156. The van der Waals surface area contributed by atoms with Crippen LogP contribution in [0.15, 0.2) is 65.5 Å².